The molecule has 0 aliphatic carbocycles. The van der Waals surface area contributed by atoms with Crippen molar-refractivity contribution in [2.75, 3.05) is 5.32 Å². The number of anilines is 1. The van der Waals surface area contributed by atoms with Gasteiger partial charge in [0.2, 0.25) is 0 Å². The minimum Gasteiger partial charge on any atom is -0.360 e. The van der Waals surface area contributed by atoms with Crippen LogP contribution in [0.3, 0.4) is 0 Å². The van der Waals surface area contributed by atoms with Gasteiger partial charge >= 0.3 is 0 Å². The van der Waals surface area contributed by atoms with Crippen LogP contribution < -0.4 is 5.32 Å². The van der Waals surface area contributed by atoms with Gasteiger partial charge in [-0.05, 0) is 12.8 Å². The molecule has 0 aliphatic rings. The Bertz CT molecular complexity index is 465. The van der Waals surface area contributed by atoms with Gasteiger partial charge in [0.05, 0.1) is 6.04 Å². The molecule has 0 saturated carbocycles. The van der Waals surface area contributed by atoms with E-state index < -0.39 is 0 Å². The first kappa shape index (κ1) is 11.5. The molecule has 6 heteroatoms. The lowest BCUT2D eigenvalue weighted by Crippen LogP contribution is -2.10. The molecule has 2 N–H and O–H groups in total. The maximum Gasteiger partial charge on any atom is 0.146 e. The van der Waals surface area contributed by atoms with Crippen molar-refractivity contribution in [3.05, 3.63) is 30.2 Å². The van der Waals surface area contributed by atoms with Gasteiger partial charge in [-0.15, -0.1) is 0 Å². The van der Waals surface area contributed by atoms with E-state index in [1.54, 1.807) is 6.33 Å². The molecule has 0 spiro atoms. The van der Waals surface area contributed by atoms with Crippen molar-refractivity contribution in [2.45, 2.75) is 32.7 Å². The molecular formula is C11H16N6. The summed E-state index contributed by atoms with van der Waals surface area (Å²) >= 11 is 0. The number of H-pyrrole nitrogens is 1. The van der Waals surface area contributed by atoms with Crippen LogP contribution in [-0.4, -0.2) is 25.1 Å². The number of hydrogen-bond donors (Lipinski definition) is 2. The molecule has 2 aromatic heterocycles. The average Bonchev–Trinajstić information content (AvgIpc) is 2.82. The lowest BCUT2D eigenvalue weighted by Gasteiger charge is -2.12. The Balaban J connectivity index is 2.11. The number of nitrogens with one attached hydrogen (secondary N) is 2. The maximum atomic E-state index is 4.22. The van der Waals surface area contributed by atoms with Gasteiger partial charge in [-0.3, -0.25) is 5.10 Å². The smallest absolute Gasteiger partial charge is 0.146 e. The molecule has 90 valence electrons. The van der Waals surface area contributed by atoms with Gasteiger partial charge in [0.1, 0.15) is 24.3 Å². The largest absolute Gasteiger partial charge is 0.360 e. The third kappa shape index (κ3) is 2.77. The molecule has 2 aromatic rings. The Labute approximate surface area is 99.9 Å². The molecule has 17 heavy (non-hydrogen) atoms. The molecule has 0 fully saturated rings. The van der Waals surface area contributed by atoms with Crippen molar-refractivity contribution < 1.29 is 0 Å². The van der Waals surface area contributed by atoms with E-state index in [9.17, 15) is 0 Å². The number of hydrogen-bond acceptors (Lipinski definition) is 5. The van der Waals surface area contributed by atoms with Crippen LogP contribution in [0.1, 0.15) is 44.2 Å². The Morgan fingerprint density at radius 3 is 2.59 bits per heavy atom. The van der Waals surface area contributed by atoms with Crippen molar-refractivity contribution in [1.82, 2.24) is 25.1 Å². The van der Waals surface area contributed by atoms with Crippen LogP contribution >= 0.6 is 0 Å². The van der Waals surface area contributed by atoms with Crippen molar-refractivity contribution in [3.8, 4) is 0 Å². The van der Waals surface area contributed by atoms with E-state index in [4.69, 9.17) is 0 Å². The molecule has 2 heterocycles. The Kier molecular flexibility index (Phi) is 3.32. The van der Waals surface area contributed by atoms with Gasteiger partial charge in [0.15, 0.2) is 0 Å². The molecule has 0 amide bonds. The summed E-state index contributed by atoms with van der Waals surface area (Å²) in [7, 11) is 0. The van der Waals surface area contributed by atoms with E-state index in [1.807, 2.05) is 13.0 Å². The van der Waals surface area contributed by atoms with Crippen molar-refractivity contribution in [1.29, 1.82) is 0 Å². The highest BCUT2D eigenvalue weighted by Crippen LogP contribution is 2.17. The molecule has 0 radical (unpaired) electrons. The molecule has 2 rings (SSSR count). The second-order valence-corrected chi connectivity index (χ2v) is 4.22. The van der Waals surface area contributed by atoms with Crippen molar-refractivity contribution in [3.63, 3.8) is 0 Å². The third-order valence-corrected chi connectivity index (χ3v) is 2.49. The van der Waals surface area contributed by atoms with Crippen molar-refractivity contribution in [2.24, 2.45) is 0 Å². The molecule has 0 aromatic carbocycles. The van der Waals surface area contributed by atoms with E-state index in [0.717, 1.165) is 17.3 Å². The van der Waals surface area contributed by atoms with E-state index in [1.165, 1.54) is 6.33 Å². The number of nitrogens with zero attached hydrogens (tertiary/aromatic N) is 4. The second-order valence-electron chi connectivity index (χ2n) is 4.22. The van der Waals surface area contributed by atoms with Crippen LogP contribution in [0.25, 0.3) is 0 Å². The first-order valence-electron chi connectivity index (χ1n) is 5.60. The van der Waals surface area contributed by atoms with Gasteiger partial charge < -0.3 is 5.32 Å². The molecule has 0 aliphatic heterocycles. The average molecular weight is 232 g/mol. The molecule has 0 saturated heterocycles. The summed E-state index contributed by atoms with van der Waals surface area (Å²) < 4.78 is 0. The first-order chi connectivity index (χ1) is 8.16. The zero-order chi connectivity index (χ0) is 12.3. The fourth-order valence-electron chi connectivity index (χ4n) is 1.48. The molecule has 6 nitrogen and oxygen atoms in total. The van der Waals surface area contributed by atoms with E-state index in [-0.39, 0.29) is 6.04 Å². The summed E-state index contributed by atoms with van der Waals surface area (Å²) in [5.74, 6) is 1.97. The Morgan fingerprint density at radius 1 is 1.12 bits per heavy atom. The summed E-state index contributed by atoms with van der Waals surface area (Å²) in [5.41, 5.74) is 1.02. The monoisotopic (exact) mass is 232 g/mol. The van der Waals surface area contributed by atoms with Gasteiger partial charge in [-0.1, -0.05) is 13.8 Å². The topological polar surface area (TPSA) is 79.4 Å². The molecule has 1 unspecified atom stereocenters. The Hall–Kier alpha value is -1.98. The van der Waals surface area contributed by atoms with Gasteiger partial charge in [0, 0.05) is 11.8 Å². The van der Waals surface area contributed by atoms with Crippen LogP contribution in [-0.2, 0) is 0 Å². The summed E-state index contributed by atoms with van der Waals surface area (Å²) in [4.78, 5) is 12.5. The molecule has 0 bridgehead atoms. The first-order valence-corrected chi connectivity index (χ1v) is 5.60. The predicted molar refractivity (Wildman–Crippen MR) is 64.5 cm³/mol. The zero-order valence-corrected chi connectivity index (χ0v) is 10.2. The number of rotatable bonds is 4. The third-order valence-electron chi connectivity index (χ3n) is 2.49. The van der Waals surface area contributed by atoms with Crippen LogP contribution in [0, 0.1) is 0 Å². The summed E-state index contributed by atoms with van der Waals surface area (Å²) in [5, 5.41) is 9.90. The van der Waals surface area contributed by atoms with Gasteiger partial charge in [-0.2, -0.15) is 5.10 Å². The van der Waals surface area contributed by atoms with E-state index in [2.05, 4.69) is 44.3 Å². The molecular weight excluding hydrogens is 216 g/mol. The van der Waals surface area contributed by atoms with Gasteiger partial charge in [0.25, 0.3) is 0 Å². The lowest BCUT2D eigenvalue weighted by molar-refractivity contribution is 0.779. The zero-order valence-electron chi connectivity index (χ0n) is 10.2. The quantitative estimate of drug-likeness (QED) is 0.841. The highest BCUT2D eigenvalue weighted by molar-refractivity contribution is 5.37. The highest BCUT2D eigenvalue weighted by atomic mass is 15.2. The fraction of sp³-hybridized carbons (Fsp3) is 0.455. The fourth-order valence-corrected chi connectivity index (χ4v) is 1.48. The number of aromatic nitrogens is 5. The van der Waals surface area contributed by atoms with Crippen LogP contribution in [0.4, 0.5) is 5.82 Å². The number of aromatic amines is 1. The second kappa shape index (κ2) is 4.90. The summed E-state index contributed by atoms with van der Waals surface area (Å²) in [6.45, 7) is 6.20. The Morgan fingerprint density at radius 2 is 1.94 bits per heavy atom. The highest BCUT2D eigenvalue weighted by Gasteiger charge is 2.09. The van der Waals surface area contributed by atoms with Crippen LogP contribution in [0.15, 0.2) is 18.7 Å². The SMILES string of the molecule is CC(C)c1cc(NC(C)c2ncn[nH]2)ncn1. The predicted octanol–water partition coefficient (Wildman–Crippen LogP) is 1.89. The van der Waals surface area contributed by atoms with Gasteiger partial charge in [-0.25, -0.2) is 15.0 Å². The standard InChI is InChI=1S/C11H16N6/c1-7(2)9-4-10(13-5-12-9)16-8(3)11-14-6-15-17-11/h4-8H,1-3H3,(H,12,13,16)(H,14,15,17). The maximum absolute atomic E-state index is 4.22. The van der Waals surface area contributed by atoms with Crippen LogP contribution in [0.2, 0.25) is 0 Å². The molecule has 1 atom stereocenters. The van der Waals surface area contributed by atoms with E-state index >= 15 is 0 Å². The van der Waals surface area contributed by atoms with Crippen LogP contribution in [0.5, 0.6) is 0 Å². The van der Waals surface area contributed by atoms with Crippen molar-refractivity contribution >= 4 is 5.82 Å². The lowest BCUT2D eigenvalue weighted by atomic mass is 10.1. The van der Waals surface area contributed by atoms with E-state index in [0.29, 0.717) is 5.92 Å². The normalized spacial score (nSPS) is 12.7. The minimum atomic E-state index is 0.0346. The minimum absolute atomic E-state index is 0.0346. The summed E-state index contributed by atoms with van der Waals surface area (Å²) in [6, 6.07) is 1.99. The summed E-state index contributed by atoms with van der Waals surface area (Å²) in [6.07, 6.45) is 3.07.